The van der Waals surface area contributed by atoms with Crippen LogP contribution in [-0.2, 0) is 9.22 Å². The van der Waals surface area contributed by atoms with Gasteiger partial charge in [0.15, 0.2) is 8.32 Å². The maximum atomic E-state index is 12.1. The Balaban J connectivity index is 2.46. The summed E-state index contributed by atoms with van der Waals surface area (Å²) in [6, 6.07) is 2.11. The zero-order valence-corrected chi connectivity index (χ0v) is 15.7. The molecule has 0 aromatic heterocycles. The van der Waals surface area contributed by atoms with E-state index in [1.165, 1.54) is 0 Å². The van der Waals surface area contributed by atoms with Gasteiger partial charge in [0.05, 0.1) is 12.2 Å². The highest BCUT2D eigenvalue weighted by molar-refractivity contribution is 6.74. The normalized spacial score (nSPS) is 22.1. The second-order valence-electron chi connectivity index (χ2n) is 7.67. The maximum Gasteiger partial charge on any atom is 0.192 e. The van der Waals surface area contributed by atoms with Crippen molar-refractivity contribution >= 4 is 14.1 Å². The van der Waals surface area contributed by atoms with Gasteiger partial charge in [-0.3, -0.25) is 4.79 Å². The van der Waals surface area contributed by atoms with E-state index in [0.717, 1.165) is 19.3 Å². The lowest BCUT2D eigenvalue weighted by Crippen LogP contribution is -2.43. The molecule has 1 rings (SSSR count). The standard InChI is InChI=1S/C18H29NO2Si/c1-18(2,3)22(4,5)21-16-13-15(17(20)14-16)11-9-7-6-8-10-12-19/h15-16H,6,8,10-11,13-14H2,1-5H3/t15?,16-/m0/s1. The average Bonchev–Trinajstić information content (AvgIpc) is 2.72. The molecule has 0 spiro atoms. The van der Waals surface area contributed by atoms with Crippen LogP contribution in [0, 0.1) is 29.1 Å². The number of Topliss-reactive ketones (excluding diaryl/α,β-unsaturated/α-hetero) is 1. The number of hydrogen-bond donors (Lipinski definition) is 0. The highest BCUT2D eigenvalue weighted by Gasteiger charge is 2.42. The Morgan fingerprint density at radius 2 is 1.95 bits per heavy atom. The summed E-state index contributed by atoms with van der Waals surface area (Å²) in [7, 11) is -1.80. The number of nitrogens with zero attached hydrogens (tertiary/aromatic N) is 1. The van der Waals surface area contributed by atoms with E-state index in [2.05, 4.69) is 51.8 Å². The van der Waals surface area contributed by atoms with Crippen molar-refractivity contribution in [2.24, 2.45) is 5.92 Å². The van der Waals surface area contributed by atoms with E-state index >= 15 is 0 Å². The van der Waals surface area contributed by atoms with Crippen LogP contribution in [0.4, 0.5) is 0 Å². The largest absolute Gasteiger partial charge is 0.413 e. The van der Waals surface area contributed by atoms with Gasteiger partial charge in [0.1, 0.15) is 5.78 Å². The molecule has 0 N–H and O–H groups in total. The lowest BCUT2D eigenvalue weighted by molar-refractivity contribution is -0.120. The van der Waals surface area contributed by atoms with Gasteiger partial charge in [0.25, 0.3) is 0 Å². The molecule has 0 heterocycles. The molecule has 0 aromatic carbocycles. The third-order valence-corrected chi connectivity index (χ3v) is 9.30. The summed E-state index contributed by atoms with van der Waals surface area (Å²) in [6.45, 7) is 11.1. The summed E-state index contributed by atoms with van der Waals surface area (Å²) in [4.78, 5) is 12.1. The molecule has 3 nitrogen and oxygen atoms in total. The Labute approximate surface area is 136 Å². The zero-order valence-electron chi connectivity index (χ0n) is 14.7. The molecule has 122 valence electrons. The summed E-state index contributed by atoms with van der Waals surface area (Å²) in [5.41, 5.74) is 0. The summed E-state index contributed by atoms with van der Waals surface area (Å²) < 4.78 is 6.36. The third kappa shape index (κ3) is 5.59. The van der Waals surface area contributed by atoms with Gasteiger partial charge in [0.2, 0.25) is 0 Å². The number of hydrogen-bond acceptors (Lipinski definition) is 3. The number of unbranched alkanes of at least 4 members (excludes halogenated alkanes) is 2. The molecular formula is C18H29NO2Si. The van der Waals surface area contributed by atoms with Crippen LogP contribution in [0.3, 0.4) is 0 Å². The first-order chi connectivity index (χ1) is 10.2. The van der Waals surface area contributed by atoms with Crippen LogP contribution in [-0.4, -0.2) is 20.2 Å². The molecule has 1 aliphatic rings. The van der Waals surface area contributed by atoms with Crippen molar-refractivity contribution in [2.75, 3.05) is 0 Å². The van der Waals surface area contributed by atoms with Crippen molar-refractivity contribution in [1.29, 1.82) is 5.26 Å². The number of ketones is 1. The van der Waals surface area contributed by atoms with E-state index in [1.807, 2.05) is 0 Å². The summed E-state index contributed by atoms with van der Waals surface area (Å²) >= 11 is 0. The molecule has 1 unspecified atom stereocenters. The van der Waals surface area contributed by atoms with Crippen LogP contribution in [0.15, 0.2) is 0 Å². The minimum Gasteiger partial charge on any atom is -0.413 e. The first kappa shape index (κ1) is 18.9. The van der Waals surface area contributed by atoms with Crippen LogP contribution < -0.4 is 0 Å². The Morgan fingerprint density at radius 1 is 1.27 bits per heavy atom. The van der Waals surface area contributed by atoms with E-state index in [1.54, 1.807) is 0 Å². The summed E-state index contributed by atoms with van der Waals surface area (Å²) in [6.07, 6.45) is 4.21. The molecule has 0 bridgehead atoms. The van der Waals surface area contributed by atoms with Crippen LogP contribution >= 0.6 is 0 Å². The fourth-order valence-electron chi connectivity index (χ4n) is 2.34. The van der Waals surface area contributed by atoms with Crippen molar-refractivity contribution in [3.05, 3.63) is 0 Å². The van der Waals surface area contributed by atoms with Gasteiger partial charge in [0, 0.05) is 31.6 Å². The fourth-order valence-corrected chi connectivity index (χ4v) is 3.71. The molecule has 1 saturated carbocycles. The fraction of sp³-hybridized carbons (Fsp3) is 0.778. The average molecular weight is 320 g/mol. The number of nitriles is 1. The number of carbonyl (C=O) groups excluding carboxylic acids is 1. The topological polar surface area (TPSA) is 50.1 Å². The number of carbonyl (C=O) groups is 1. The van der Waals surface area contributed by atoms with Gasteiger partial charge in [-0.25, -0.2) is 0 Å². The van der Waals surface area contributed by atoms with Crippen LogP contribution in [0.1, 0.15) is 59.3 Å². The van der Waals surface area contributed by atoms with E-state index in [9.17, 15) is 4.79 Å². The SMILES string of the molecule is CC(C)(C)[Si](C)(C)O[C@@H]1CC(=O)C(CC#CCCCC#N)C1. The monoisotopic (exact) mass is 319 g/mol. The predicted octanol–water partition coefficient (Wildman–Crippen LogP) is 4.44. The Morgan fingerprint density at radius 3 is 2.55 bits per heavy atom. The van der Waals surface area contributed by atoms with Gasteiger partial charge in [-0.2, -0.15) is 5.26 Å². The van der Waals surface area contributed by atoms with Crippen molar-refractivity contribution in [3.63, 3.8) is 0 Å². The summed E-state index contributed by atoms with van der Waals surface area (Å²) in [5, 5.41) is 8.63. The summed E-state index contributed by atoms with van der Waals surface area (Å²) in [5.74, 6) is 6.52. The molecule has 1 fully saturated rings. The van der Waals surface area contributed by atoms with E-state index in [4.69, 9.17) is 9.69 Å². The van der Waals surface area contributed by atoms with Crippen LogP contribution in [0.2, 0.25) is 18.1 Å². The molecular weight excluding hydrogens is 290 g/mol. The van der Waals surface area contributed by atoms with Gasteiger partial charge >= 0.3 is 0 Å². The van der Waals surface area contributed by atoms with Crippen molar-refractivity contribution < 1.29 is 9.22 Å². The quantitative estimate of drug-likeness (QED) is 0.427. The van der Waals surface area contributed by atoms with Gasteiger partial charge in [-0.15, -0.1) is 11.8 Å². The van der Waals surface area contributed by atoms with Crippen LogP contribution in [0.25, 0.3) is 0 Å². The van der Waals surface area contributed by atoms with Gasteiger partial charge in [-0.05, 0) is 31.0 Å². The molecule has 0 saturated heterocycles. The van der Waals surface area contributed by atoms with Gasteiger partial charge in [-0.1, -0.05) is 20.8 Å². The number of rotatable bonds is 5. The van der Waals surface area contributed by atoms with E-state index < -0.39 is 8.32 Å². The molecule has 0 amide bonds. The second kappa shape index (κ2) is 7.95. The third-order valence-electron chi connectivity index (χ3n) is 4.76. The second-order valence-corrected chi connectivity index (χ2v) is 12.4. The minimum absolute atomic E-state index is 0.0400. The lowest BCUT2D eigenvalue weighted by atomic mass is 10.0. The van der Waals surface area contributed by atoms with Crippen LogP contribution in [0.5, 0.6) is 0 Å². The van der Waals surface area contributed by atoms with E-state index in [-0.39, 0.29) is 17.1 Å². The van der Waals surface area contributed by atoms with Crippen molar-refractivity contribution in [3.8, 4) is 17.9 Å². The molecule has 0 radical (unpaired) electrons. The zero-order chi connectivity index (χ0) is 16.8. The van der Waals surface area contributed by atoms with Crippen molar-refractivity contribution in [1.82, 2.24) is 0 Å². The van der Waals surface area contributed by atoms with Gasteiger partial charge < -0.3 is 4.43 Å². The Hall–Kier alpha value is -1.10. The molecule has 0 aliphatic heterocycles. The first-order valence-corrected chi connectivity index (χ1v) is 11.1. The Bertz CT molecular complexity index is 488. The molecule has 2 atom stereocenters. The predicted molar refractivity (Wildman–Crippen MR) is 91.7 cm³/mol. The van der Waals surface area contributed by atoms with E-state index in [0.29, 0.717) is 25.0 Å². The highest BCUT2D eigenvalue weighted by Crippen LogP contribution is 2.40. The molecule has 0 aromatic rings. The smallest absolute Gasteiger partial charge is 0.192 e. The lowest BCUT2D eigenvalue weighted by Gasteiger charge is -2.38. The highest BCUT2D eigenvalue weighted by atomic mass is 28.4. The molecule has 1 aliphatic carbocycles. The Kier molecular flexibility index (Phi) is 6.85. The minimum atomic E-state index is -1.80. The van der Waals surface area contributed by atoms with Crippen molar-refractivity contribution in [2.45, 2.75) is 83.5 Å². The maximum absolute atomic E-state index is 12.1. The molecule has 22 heavy (non-hydrogen) atoms. The molecule has 4 heteroatoms. The first-order valence-electron chi connectivity index (χ1n) is 8.20.